The molecule has 2 aromatic carbocycles. The van der Waals surface area contributed by atoms with E-state index in [2.05, 4.69) is 5.32 Å². The Morgan fingerprint density at radius 3 is 2.17 bits per heavy atom. The van der Waals surface area contributed by atoms with Crippen molar-refractivity contribution in [2.75, 3.05) is 39.4 Å². The fourth-order valence-corrected chi connectivity index (χ4v) is 2.37. The van der Waals surface area contributed by atoms with E-state index in [1.165, 1.54) is 14.2 Å². The summed E-state index contributed by atoms with van der Waals surface area (Å²) in [6, 6.07) is 12.1. The molecule has 0 aromatic heterocycles. The summed E-state index contributed by atoms with van der Waals surface area (Å²) in [4.78, 5) is 23.8. The number of benzene rings is 2. The summed E-state index contributed by atoms with van der Waals surface area (Å²) < 4.78 is 26.1. The van der Waals surface area contributed by atoms with E-state index in [0.29, 0.717) is 29.5 Å². The zero-order valence-electron chi connectivity index (χ0n) is 16.7. The van der Waals surface area contributed by atoms with E-state index in [0.717, 1.165) is 5.75 Å². The van der Waals surface area contributed by atoms with E-state index in [9.17, 15) is 9.59 Å². The Morgan fingerprint density at radius 2 is 1.55 bits per heavy atom. The van der Waals surface area contributed by atoms with E-state index < -0.39 is 18.5 Å². The van der Waals surface area contributed by atoms with Gasteiger partial charge < -0.3 is 29.0 Å². The van der Waals surface area contributed by atoms with Gasteiger partial charge in [0.05, 0.1) is 39.5 Å². The number of hydrogen-bond acceptors (Lipinski definition) is 7. The van der Waals surface area contributed by atoms with E-state index in [1.54, 1.807) is 42.5 Å². The molecule has 0 atom stereocenters. The minimum absolute atomic E-state index is 0.0168. The molecule has 2 aromatic rings. The standard InChI is InChI=1S/C21H25NO7/c1-4-27-15-5-7-16(8-6-15)28-12-11-21(24)29-14-20(23)22-18-13-17(25-2)9-10-19(18)26-3/h5-10,13H,4,11-12,14H2,1-3H3,(H,22,23). The highest BCUT2D eigenvalue weighted by Crippen LogP contribution is 2.28. The maximum atomic E-state index is 12.0. The average Bonchev–Trinajstić information content (AvgIpc) is 2.73. The molecule has 0 radical (unpaired) electrons. The van der Waals surface area contributed by atoms with Crippen LogP contribution in [0.3, 0.4) is 0 Å². The predicted octanol–water partition coefficient (Wildman–Crippen LogP) is 3.05. The lowest BCUT2D eigenvalue weighted by molar-refractivity contribution is -0.147. The van der Waals surface area contributed by atoms with Crippen LogP contribution in [0.1, 0.15) is 13.3 Å². The molecule has 0 aliphatic carbocycles. The van der Waals surface area contributed by atoms with Crippen LogP contribution in [0.15, 0.2) is 42.5 Å². The third kappa shape index (κ3) is 7.25. The van der Waals surface area contributed by atoms with Gasteiger partial charge in [-0.3, -0.25) is 9.59 Å². The molecular formula is C21H25NO7. The van der Waals surface area contributed by atoms with Crippen molar-refractivity contribution in [1.82, 2.24) is 0 Å². The van der Waals surface area contributed by atoms with Crippen LogP contribution >= 0.6 is 0 Å². The minimum atomic E-state index is -0.538. The average molecular weight is 403 g/mol. The Morgan fingerprint density at radius 1 is 0.897 bits per heavy atom. The zero-order valence-corrected chi connectivity index (χ0v) is 16.7. The summed E-state index contributed by atoms with van der Waals surface area (Å²) in [6.07, 6.45) is 0.0168. The molecule has 1 amide bonds. The second kappa shape index (κ2) is 11.4. The van der Waals surface area contributed by atoms with Crippen molar-refractivity contribution in [3.8, 4) is 23.0 Å². The number of anilines is 1. The quantitative estimate of drug-likeness (QED) is 0.577. The van der Waals surface area contributed by atoms with Crippen LogP contribution in [0.5, 0.6) is 23.0 Å². The molecule has 0 fully saturated rings. The van der Waals surface area contributed by atoms with Crippen molar-refractivity contribution in [3.05, 3.63) is 42.5 Å². The smallest absolute Gasteiger partial charge is 0.309 e. The predicted molar refractivity (Wildman–Crippen MR) is 107 cm³/mol. The number of ether oxygens (including phenoxy) is 5. The Kier molecular flexibility index (Phi) is 8.62. The largest absolute Gasteiger partial charge is 0.497 e. The summed E-state index contributed by atoms with van der Waals surface area (Å²) in [7, 11) is 3.01. The summed E-state index contributed by atoms with van der Waals surface area (Å²) in [6.45, 7) is 2.22. The molecule has 0 aliphatic heterocycles. The third-order valence-electron chi connectivity index (χ3n) is 3.75. The van der Waals surface area contributed by atoms with Crippen LogP contribution in [-0.4, -0.2) is 45.9 Å². The highest BCUT2D eigenvalue weighted by molar-refractivity contribution is 5.94. The maximum absolute atomic E-state index is 12.0. The van der Waals surface area contributed by atoms with Gasteiger partial charge in [-0.1, -0.05) is 0 Å². The first kappa shape index (κ1) is 21.9. The Labute approximate surface area is 169 Å². The van der Waals surface area contributed by atoms with Gasteiger partial charge in [-0.05, 0) is 43.3 Å². The normalized spacial score (nSPS) is 10.0. The number of amides is 1. The van der Waals surface area contributed by atoms with Crippen LogP contribution in [0.2, 0.25) is 0 Å². The molecular weight excluding hydrogens is 378 g/mol. The first-order valence-corrected chi connectivity index (χ1v) is 9.09. The van der Waals surface area contributed by atoms with Crippen molar-refractivity contribution < 1.29 is 33.3 Å². The van der Waals surface area contributed by atoms with E-state index in [4.69, 9.17) is 23.7 Å². The fourth-order valence-electron chi connectivity index (χ4n) is 2.37. The molecule has 156 valence electrons. The SMILES string of the molecule is CCOc1ccc(OCCC(=O)OCC(=O)Nc2cc(OC)ccc2OC)cc1. The van der Waals surface area contributed by atoms with Crippen molar-refractivity contribution in [2.24, 2.45) is 0 Å². The molecule has 0 unspecified atom stereocenters. The van der Waals surface area contributed by atoms with Crippen LogP contribution < -0.4 is 24.3 Å². The van der Waals surface area contributed by atoms with Crippen molar-refractivity contribution in [2.45, 2.75) is 13.3 Å². The highest BCUT2D eigenvalue weighted by atomic mass is 16.5. The van der Waals surface area contributed by atoms with Crippen molar-refractivity contribution in [3.63, 3.8) is 0 Å². The van der Waals surface area contributed by atoms with Gasteiger partial charge in [0.2, 0.25) is 0 Å². The molecule has 0 heterocycles. The highest BCUT2D eigenvalue weighted by Gasteiger charge is 2.12. The number of esters is 1. The molecule has 1 N–H and O–H groups in total. The molecule has 0 aliphatic rings. The number of rotatable bonds is 11. The molecule has 29 heavy (non-hydrogen) atoms. The van der Waals surface area contributed by atoms with E-state index in [-0.39, 0.29) is 13.0 Å². The molecule has 0 saturated heterocycles. The van der Waals surface area contributed by atoms with Crippen molar-refractivity contribution >= 4 is 17.6 Å². The maximum Gasteiger partial charge on any atom is 0.309 e. The second-order valence-corrected chi connectivity index (χ2v) is 5.78. The molecule has 0 saturated carbocycles. The number of nitrogens with one attached hydrogen (secondary N) is 1. The number of hydrogen-bond donors (Lipinski definition) is 1. The molecule has 8 nitrogen and oxygen atoms in total. The molecule has 0 spiro atoms. The third-order valence-corrected chi connectivity index (χ3v) is 3.75. The molecule has 2 rings (SSSR count). The monoisotopic (exact) mass is 403 g/mol. The summed E-state index contributed by atoms with van der Waals surface area (Å²) in [5, 5.41) is 2.62. The van der Waals surface area contributed by atoms with Crippen LogP contribution in [-0.2, 0) is 14.3 Å². The zero-order chi connectivity index (χ0) is 21.1. The van der Waals surface area contributed by atoms with Gasteiger partial charge >= 0.3 is 5.97 Å². The second-order valence-electron chi connectivity index (χ2n) is 5.78. The fraction of sp³-hybridized carbons (Fsp3) is 0.333. The molecule has 0 bridgehead atoms. The lowest BCUT2D eigenvalue weighted by Gasteiger charge is -2.12. The van der Waals surface area contributed by atoms with Crippen molar-refractivity contribution in [1.29, 1.82) is 0 Å². The van der Waals surface area contributed by atoms with Crippen LogP contribution in [0.4, 0.5) is 5.69 Å². The van der Waals surface area contributed by atoms with Gasteiger partial charge in [0.15, 0.2) is 6.61 Å². The first-order valence-electron chi connectivity index (χ1n) is 9.09. The number of methoxy groups -OCH3 is 2. The summed E-state index contributed by atoms with van der Waals surface area (Å²) in [5.41, 5.74) is 0.423. The topological polar surface area (TPSA) is 92.3 Å². The van der Waals surface area contributed by atoms with Crippen LogP contribution in [0.25, 0.3) is 0 Å². The van der Waals surface area contributed by atoms with E-state index in [1.807, 2.05) is 6.92 Å². The van der Waals surface area contributed by atoms with Gasteiger partial charge in [0, 0.05) is 6.07 Å². The van der Waals surface area contributed by atoms with E-state index >= 15 is 0 Å². The van der Waals surface area contributed by atoms with Gasteiger partial charge in [-0.2, -0.15) is 0 Å². The van der Waals surface area contributed by atoms with Gasteiger partial charge in [-0.25, -0.2) is 0 Å². The van der Waals surface area contributed by atoms with Gasteiger partial charge in [0.25, 0.3) is 5.91 Å². The van der Waals surface area contributed by atoms with Crippen LogP contribution in [0, 0.1) is 0 Å². The van der Waals surface area contributed by atoms with Gasteiger partial charge in [0.1, 0.15) is 23.0 Å². The Hall–Kier alpha value is -3.42. The lowest BCUT2D eigenvalue weighted by atomic mass is 10.2. The number of carbonyl (C=O) groups excluding carboxylic acids is 2. The first-order chi connectivity index (χ1) is 14.0. The number of carbonyl (C=O) groups is 2. The Bertz CT molecular complexity index is 805. The lowest BCUT2D eigenvalue weighted by Crippen LogP contribution is -2.22. The Balaban J connectivity index is 1.72. The minimum Gasteiger partial charge on any atom is -0.497 e. The summed E-state index contributed by atoms with van der Waals surface area (Å²) in [5.74, 6) is 1.36. The van der Waals surface area contributed by atoms with Gasteiger partial charge in [-0.15, -0.1) is 0 Å². The summed E-state index contributed by atoms with van der Waals surface area (Å²) >= 11 is 0. The molecule has 8 heteroatoms.